The minimum Gasteiger partial charge on any atom is -0.478 e. The quantitative estimate of drug-likeness (QED) is 0.812. The van der Waals surface area contributed by atoms with Gasteiger partial charge < -0.3 is 10.4 Å². The van der Waals surface area contributed by atoms with Crippen molar-refractivity contribution in [3.05, 3.63) is 40.7 Å². The van der Waals surface area contributed by atoms with Crippen LogP contribution in [-0.2, 0) is 0 Å². The molecule has 0 aliphatic carbocycles. The molecule has 6 nitrogen and oxygen atoms in total. The molecule has 2 aromatic rings. The van der Waals surface area contributed by atoms with Crippen molar-refractivity contribution in [3.63, 3.8) is 0 Å². The lowest BCUT2D eigenvalue weighted by Gasteiger charge is -2.08. The second-order valence-corrected chi connectivity index (χ2v) is 5.09. The van der Waals surface area contributed by atoms with Gasteiger partial charge in [-0.2, -0.15) is 0 Å². The second kappa shape index (κ2) is 5.66. The fourth-order valence-electron chi connectivity index (χ4n) is 1.47. The summed E-state index contributed by atoms with van der Waals surface area (Å²) >= 11 is 1.27. The van der Waals surface area contributed by atoms with Crippen LogP contribution < -0.4 is 10.6 Å². The van der Waals surface area contributed by atoms with Crippen molar-refractivity contribution in [1.29, 1.82) is 0 Å². The number of carbonyl (C=O) groups is 2. The van der Waals surface area contributed by atoms with Crippen molar-refractivity contribution in [2.45, 2.75) is 6.92 Å². The number of amides is 2. The summed E-state index contributed by atoms with van der Waals surface area (Å²) in [4.78, 5) is 27.5. The number of urea groups is 1. The van der Waals surface area contributed by atoms with E-state index in [-0.39, 0.29) is 11.3 Å². The Balaban J connectivity index is 2.15. The largest absolute Gasteiger partial charge is 0.478 e. The van der Waals surface area contributed by atoms with Gasteiger partial charge in [0, 0.05) is 11.1 Å². The van der Waals surface area contributed by atoms with Gasteiger partial charge in [-0.1, -0.05) is 0 Å². The minimum absolute atomic E-state index is 0.122. The van der Waals surface area contributed by atoms with E-state index in [1.165, 1.54) is 11.3 Å². The molecule has 20 heavy (non-hydrogen) atoms. The van der Waals surface area contributed by atoms with Crippen LogP contribution in [0.4, 0.5) is 20.0 Å². The van der Waals surface area contributed by atoms with Crippen LogP contribution in [0.1, 0.15) is 15.2 Å². The van der Waals surface area contributed by atoms with Crippen LogP contribution >= 0.6 is 11.3 Å². The van der Waals surface area contributed by atoms with Crippen LogP contribution in [0.5, 0.6) is 0 Å². The standard InChI is InChI=1S/C12H10FN3O3S/c1-6-5-14-12(20-6)16-11(19)15-9-4-7(13)2-3-8(9)10(17)18/h2-5H,1H3,(H,17,18)(H2,14,15,16,19). The third-order valence-electron chi connectivity index (χ3n) is 2.30. The topological polar surface area (TPSA) is 91.3 Å². The van der Waals surface area contributed by atoms with Gasteiger partial charge in [0.1, 0.15) is 5.82 Å². The van der Waals surface area contributed by atoms with Gasteiger partial charge in [-0.15, -0.1) is 11.3 Å². The van der Waals surface area contributed by atoms with E-state index in [1.807, 2.05) is 6.92 Å². The number of carboxylic acids is 1. The summed E-state index contributed by atoms with van der Waals surface area (Å²) in [6, 6.07) is 2.35. The predicted molar refractivity (Wildman–Crippen MR) is 72.9 cm³/mol. The van der Waals surface area contributed by atoms with Crippen LogP contribution in [0.15, 0.2) is 24.4 Å². The Kier molecular flexibility index (Phi) is 3.94. The molecule has 0 saturated carbocycles. The SMILES string of the molecule is Cc1cnc(NC(=O)Nc2cc(F)ccc2C(=O)O)s1. The molecule has 0 spiro atoms. The summed E-state index contributed by atoms with van der Waals surface area (Å²) in [6.07, 6.45) is 1.59. The molecule has 104 valence electrons. The lowest BCUT2D eigenvalue weighted by Crippen LogP contribution is -2.21. The molecule has 0 fully saturated rings. The molecule has 0 aliphatic rings. The molecule has 0 aliphatic heterocycles. The van der Waals surface area contributed by atoms with E-state index in [0.717, 1.165) is 23.1 Å². The Hall–Kier alpha value is -2.48. The van der Waals surface area contributed by atoms with Gasteiger partial charge >= 0.3 is 12.0 Å². The van der Waals surface area contributed by atoms with Crippen molar-refractivity contribution in [2.75, 3.05) is 10.6 Å². The van der Waals surface area contributed by atoms with Crippen molar-refractivity contribution in [3.8, 4) is 0 Å². The molecule has 3 N–H and O–H groups in total. The number of aryl methyl sites for hydroxylation is 1. The van der Waals surface area contributed by atoms with Crippen molar-refractivity contribution in [2.24, 2.45) is 0 Å². The van der Waals surface area contributed by atoms with Gasteiger partial charge in [0.2, 0.25) is 0 Å². The molecule has 0 atom stereocenters. The zero-order valence-corrected chi connectivity index (χ0v) is 11.1. The molecule has 0 saturated heterocycles. The number of carboxylic acid groups (broad SMARTS) is 1. The third-order valence-corrected chi connectivity index (χ3v) is 3.13. The molecule has 1 aromatic carbocycles. The smallest absolute Gasteiger partial charge is 0.337 e. The number of rotatable bonds is 3. The summed E-state index contributed by atoms with van der Waals surface area (Å²) < 4.78 is 13.1. The molecular formula is C12H10FN3O3S. The summed E-state index contributed by atoms with van der Waals surface area (Å²) in [5.41, 5.74) is -0.319. The highest BCUT2D eigenvalue weighted by atomic mass is 32.1. The van der Waals surface area contributed by atoms with Crippen LogP contribution in [0.3, 0.4) is 0 Å². The Labute approximate surface area is 117 Å². The number of nitrogens with one attached hydrogen (secondary N) is 2. The number of aromatic carboxylic acids is 1. The van der Waals surface area contributed by atoms with Gasteiger partial charge in [-0.3, -0.25) is 5.32 Å². The van der Waals surface area contributed by atoms with Crippen molar-refractivity contribution >= 4 is 34.2 Å². The highest BCUT2D eigenvalue weighted by molar-refractivity contribution is 7.15. The van der Waals surface area contributed by atoms with E-state index in [2.05, 4.69) is 15.6 Å². The van der Waals surface area contributed by atoms with E-state index in [0.29, 0.717) is 5.13 Å². The first-order valence-electron chi connectivity index (χ1n) is 5.49. The maximum absolute atomic E-state index is 13.1. The van der Waals surface area contributed by atoms with Crippen molar-refractivity contribution in [1.82, 2.24) is 4.98 Å². The van der Waals surface area contributed by atoms with E-state index in [4.69, 9.17) is 5.11 Å². The average molecular weight is 295 g/mol. The Morgan fingerprint density at radius 3 is 2.70 bits per heavy atom. The molecule has 2 amide bonds. The number of hydrogen-bond donors (Lipinski definition) is 3. The van der Waals surface area contributed by atoms with E-state index >= 15 is 0 Å². The number of anilines is 2. The molecule has 0 unspecified atom stereocenters. The number of hydrogen-bond acceptors (Lipinski definition) is 4. The monoisotopic (exact) mass is 295 g/mol. The van der Waals surface area contributed by atoms with E-state index < -0.39 is 17.8 Å². The number of thiazole rings is 1. The molecule has 1 aromatic heterocycles. The van der Waals surface area contributed by atoms with Crippen LogP contribution in [0.2, 0.25) is 0 Å². The first-order valence-corrected chi connectivity index (χ1v) is 6.30. The Bertz CT molecular complexity index is 672. The fraction of sp³-hybridized carbons (Fsp3) is 0.0833. The number of halogens is 1. The Morgan fingerprint density at radius 1 is 1.35 bits per heavy atom. The average Bonchev–Trinajstić information content (AvgIpc) is 2.74. The third kappa shape index (κ3) is 3.29. The van der Waals surface area contributed by atoms with Crippen LogP contribution in [0, 0.1) is 12.7 Å². The number of benzene rings is 1. The first-order chi connectivity index (χ1) is 9.45. The second-order valence-electron chi connectivity index (χ2n) is 3.85. The zero-order valence-electron chi connectivity index (χ0n) is 10.3. The molecular weight excluding hydrogens is 285 g/mol. The van der Waals surface area contributed by atoms with Crippen molar-refractivity contribution < 1.29 is 19.1 Å². The predicted octanol–water partition coefficient (Wildman–Crippen LogP) is 2.93. The lowest BCUT2D eigenvalue weighted by molar-refractivity contribution is 0.0698. The van der Waals surface area contributed by atoms with Crippen LogP contribution in [-0.4, -0.2) is 22.1 Å². The van der Waals surface area contributed by atoms with Gasteiger partial charge in [0.15, 0.2) is 5.13 Å². The fourth-order valence-corrected chi connectivity index (χ4v) is 2.13. The number of carbonyl (C=O) groups excluding carboxylic acids is 1. The van der Waals surface area contributed by atoms with Gasteiger partial charge in [0.25, 0.3) is 0 Å². The van der Waals surface area contributed by atoms with E-state index in [9.17, 15) is 14.0 Å². The number of nitrogens with zero attached hydrogens (tertiary/aromatic N) is 1. The van der Waals surface area contributed by atoms with Gasteiger partial charge in [-0.25, -0.2) is 19.0 Å². The highest BCUT2D eigenvalue weighted by Crippen LogP contribution is 2.19. The van der Waals surface area contributed by atoms with Crippen LogP contribution in [0.25, 0.3) is 0 Å². The number of aromatic nitrogens is 1. The molecule has 0 radical (unpaired) electrons. The van der Waals surface area contributed by atoms with Gasteiger partial charge in [0.05, 0.1) is 11.3 Å². The zero-order chi connectivity index (χ0) is 14.7. The summed E-state index contributed by atoms with van der Waals surface area (Å²) in [5.74, 6) is -1.90. The lowest BCUT2D eigenvalue weighted by atomic mass is 10.2. The van der Waals surface area contributed by atoms with Gasteiger partial charge in [-0.05, 0) is 25.1 Å². The van der Waals surface area contributed by atoms with E-state index in [1.54, 1.807) is 6.20 Å². The molecule has 8 heteroatoms. The first kappa shape index (κ1) is 13.9. The summed E-state index contributed by atoms with van der Waals surface area (Å²) in [6.45, 7) is 1.83. The minimum atomic E-state index is -1.26. The maximum atomic E-state index is 13.1. The maximum Gasteiger partial charge on any atom is 0.337 e. The molecule has 2 rings (SSSR count). The normalized spacial score (nSPS) is 10.1. The summed E-state index contributed by atoms with van der Waals surface area (Å²) in [7, 11) is 0. The molecule has 1 heterocycles. The Morgan fingerprint density at radius 2 is 2.10 bits per heavy atom. The summed E-state index contributed by atoms with van der Waals surface area (Å²) in [5, 5.41) is 14.1. The highest BCUT2D eigenvalue weighted by Gasteiger charge is 2.14. The molecule has 0 bridgehead atoms.